The predicted molar refractivity (Wildman–Crippen MR) is 82.5 cm³/mol. The molecule has 1 fully saturated rings. The maximum atomic E-state index is 12.4. The van der Waals surface area contributed by atoms with E-state index in [-0.39, 0.29) is 17.8 Å². The number of piperazine rings is 1. The summed E-state index contributed by atoms with van der Waals surface area (Å²) in [6.07, 6.45) is 1.61. The molecule has 0 aliphatic carbocycles. The normalized spacial score (nSPS) is 17.1. The molecule has 0 unspecified atom stereocenters. The smallest absolute Gasteiger partial charge is 0.197 e. The Balaban J connectivity index is 0.00000147. The molecule has 1 aliphatic heterocycles. The summed E-state index contributed by atoms with van der Waals surface area (Å²) in [5, 5.41) is 0.675. The van der Waals surface area contributed by atoms with Crippen LogP contribution in [0, 0.1) is 0 Å². The molecule has 2 aromatic rings. The van der Waals surface area contributed by atoms with Crippen molar-refractivity contribution in [2.75, 3.05) is 33.2 Å². The molecule has 5 heteroatoms. The van der Waals surface area contributed by atoms with Crippen LogP contribution in [0.2, 0.25) is 0 Å². The number of hydrogen-bond donors (Lipinski definition) is 0. The molecule has 1 aliphatic rings. The summed E-state index contributed by atoms with van der Waals surface area (Å²) in [6, 6.07) is 7.41. The van der Waals surface area contributed by atoms with Gasteiger partial charge in [0.05, 0.1) is 11.6 Å². The molecule has 1 aromatic carbocycles. The summed E-state index contributed by atoms with van der Waals surface area (Å²) in [5.74, 6) is 0. The lowest BCUT2D eigenvalue weighted by Crippen LogP contribution is -2.44. The van der Waals surface area contributed by atoms with E-state index in [2.05, 4.69) is 16.8 Å². The lowest BCUT2D eigenvalue weighted by molar-refractivity contribution is 0.147. The van der Waals surface area contributed by atoms with Gasteiger partial charge in [0.2, 0.25) is 0 Å². The molecule has 0 spiro atoms. The van der Waals surface area contributed by atoms with Crippen LogP contribution in [0.1, 0.15) is 5.56 Å². The van der Waals surface area contributed by atoms with Crippen LogP contribution in [-0.2, 0) is 6.54 Å². The lowest BCUT2D eigenvalue weighted by atomic mass is 10.1. The van der Waals surface area contributed by atoms with E-state index in [1.807, 2.05) is 24.3 Å². The van der Waals surface area contributed by atoms with Crippen molar-refractivity contribution < 1.29 is 4.42 Å². The van der Waals surface area contributed by atoms with E-state index in [0.717, 1.165) is 31.7 Å². The first kappa shape index (κ1) is 15.0. The van der Waals surface area contributed by atoms with Gasteiger partial charge in [-0.2, -0.15) is 0 Å². The Bertz CT molecular complexity index is 633. The number of fused-ring (bicyclic) bond motifs is 1. The maximum Gasteiger partial charge on any atom is 0.197 e. The van der Waals surface area contributed by atoms with E-state index >= 15 is 0 Å². The number of likely N-dealkylation sites (N-methyl/N-ethyl adjacent to an activating group) is 1. The first-order valence-corrected chi connectivity index (χ1v) is 6.64. The van der Waals surface area contributed by atoms with Gasteiger partial charge >= 0.3 is 0 Å². The number of benzene rings is 1. The number of hydrogen-bond acceptors (Lipinski definition) is 4. The Morgan fingerprint density at radius 3 is 2.60 bits per heavy atom. The maximum absolute atomic E-state index is 12.4. The Morgan fingerprint density at radius 2 is 1.85 bits per heavy atom. The molecular formula is C15H19ClN2O2. The first-order chi connectivity index (χ1) is 9.24. The largest absolute Gasteiger partial charge is 0.464 e. The fraction of sp³-hybridized carbons (Fsp3) is 0.400. The second kappa shape index (κ2) is 6.39. The van der Waals surface area contributed by atoms with E-state index in [1.165, 1.54) is 0 Å². The zero-order chi connectivity index (χ0) is 13.2. The fourth-order valence-corrected chi connectivity index (χ4v) is 2.47. The first-order valence-electron chi connectivity index (χ1n) is 6.64. The van der Waals surface area contributed by atoms with Crippen LogP contribution in [0.4, 0.5) is 0 Å². The van der Waals surface area contributed by atoms with Crippen LogP contribution < -0.4 is 5.43 Å². The van der Waals surface area contributed by atoms with E-state index in [1.54, 1.807) is 6.26 Å². The standard InChI is InChI=1S/C15H18N2O2.ClH/c1-16-6-8-17(9-7-16)10-12-11-19-14-5-3-2-4-13(14)15(12)18;/h2-5,11H,6-10H2,1H3;1H. The van der Waals surface area contributed by atoms with Crippen LogP contribution in [0.5, 0.6) is 0 Å². The third kappa shape index (κ3) is 3.03. The quantitative estimate of drug-likeness (QED) is 0.848. The molecular weight excluding hydrogens is 276 g/mol. The van der Waals surface area contributed by atoms with Crippen molar-refractivity contribution >= 4 is 23.4 Å². The van der Waals surface area contributed by atoms with Gasteiger partial charge in [-0.3, -0.25) is 9.69 Å². The number of para-hydroxylation sites is 1. The Hall–Kier alpha value is -1.36. The average molecular weight is 295 g/mol. The van der Waals surface area contributed by atoms with Gasteiger partial charge in [0.1, 0.15) is 5.58 Å². The summed E-state index contributed by atoms with van der Waals surface area (Å²) >= 11 is 0. The summed E-state index contributed by atoms with van der Waals surface area (Å²) in [7, 11) is 2.13. The van der Waals surface area contributed by atoms with Crippen LogP contribution in [0.15, 0.2) is 39.7 Å². The van der Waals surface area contributed by atoms with E-state index in [0.29, 0.717) is 17.5 Å². The molecule has 4 nitrogen and oxygen atoms in total. The van der Waals surface area contributed by atoms with Crippen LogP contribution in [0.3, 0.4) is 0 Å². The van der Waals surface area contributed by atoms with Crippen LogP contribution >= 0.6 is 12.4 Å². The third-order valence-corrected chi connectivity index (χ3v) is 3.74. The van der Waals surface area contributed by atoms with Gasteiger partial charge in [-0.15, -0.1) is 12.4 Å². The number of halogens is 1. The fourth-order valence-electron chi connectivity index (χ4n) is 2.47. The van der Waals surface area contributed by atoms with Gasteiger partial charge in [-0.1, -0.05) is 12.1 Å². The van der Waals surface area contributed by atoms with Gasteiger partial charge in [-0.05, 0) is 19.2 Å². The molecule has 108 valence electrons. The van der Waals surface area contributed by atoms with Crippen molar-refractivity contribution in [3.63, 3.8) is 0 Å². The van der Waals surface area contributed by atoms with Gasteiger partial charge in [0.15, 0.2) is 5.43 Å². The van der Waals surface area contributed by atoms with Gasteiger partial charge in [-0.25, -0.2) is 0 Å². The zero-order valence-corrected chi connectivity index (χ0v) is 12.4. The van der Waals surface area contributed by atoms with E-state index in [9.17, 15) is 4.79 Å². The Kier molecular flexibility index (Phi) is 4.81. The summed E-state index contributed by atoms with van der Waals surface area (Å²) in [6.45, 7) is 4.80. The van der Waals surface area contributed by atoms with Crippen molar-refractivity contribution in [2.24, 2.45) is 0 Å². The molecule has 0 amide bonds. The zero-order valence-electron chi connectivity index (χ0n) is 11.5. The minimum absolute atomic E-state index is 0. The number of nitrogens with zero attached hydrogens (tertiary/aromatic N) is 2. The summed E-state index contributed by atoms with van der Waals surface area (Å²) in [5.41, 5.74) is 1.51. The highest BCUT2D eigenvalue weighted by Crippen LogP contribution is 2.12. The minimum Gasteiger partial charge on any atom is -0.464 e. The third-order valence-electron chi connectivity index (χ3n) is 3.74. The van der Waals surface area contributed by atoms with Crippen LogP contribution in [0.25, 0.3) is 11.0 Å². The average Bonchev–Trinajstić information content (AvgIpc) is 2.45. The second-order valence-electron chi connectivity index (χ2n) is 5.17. The Labute approximate surface area is 124 Å². The highest BCUT2D eigenvalue weighted by atomic mass is 35.5. The van der Waals surface area contributed by atoms with Gasteiger partial charge in [0.25, 0.3) is 0 Å². The highest BCUT2D eigenvalue weighted by Gasteiger charge is 2.16. The molecule has 0 N–H and O–H groups in total. The second-order valence-corrected chi connectivity index (χ2v) is 5.17. The van der Waals surface area contributed by atoms with Crippen molar-refractivity contribution in [2.45, 2.75) is 6.54 Å². The predicted octanol–water partition coefficient (Wildman–Crippen LogP) is 1.96. The molecule has 0 bridgehead atoms. The van der Waals surface area contributed by atoms with Crippen molar-refractivity contribution in [1.29, 1.82) is 0 Å². The molecule has 3 rings (SSSR count). The van der Waals surface area contributed by atoms with E-state index < -0.39 is 0 Å². The summed E-state index contributed by atoms with van der Waals surface area (Å²) < 4.78 is 5.55. The van der Waals surface area contributed by atoms with Gasteiger partial charge < -0.3 is 9.32 Å². The summed E-state index contributed by atoms with van der Waals surface area (Å²) in [4.78, 5) is 17.0. The van der Waals surface area contributed by atoms with Gasteiger partial charge in [0, 0.05) is 38.3 Å². The number of rotatable bonds is 2. The molecule has 1 saturated heterocycles. The van der Waals surface area contributed by atoms with Crippen LogP contribution in [-0.4, -0.2) is 43.0 Å². The van der Waals surface area contributed by atoms with Crippen molar-refractivity contribution in [3.8, 4) is 0 Å². The molecule has 1 aromatic heterocycles. The Morgan fingerprint density at radius 1 is 1.15 bits per heavy atom. The SMILES string of the molecule is CN1CCN(Cc2coc3ccccc3c2=O)CC1.Cl. The molecule has 0 saturated carbocycles. The molecule has 0 radical (unpaired) electrons. The lowest BCUT2D eigenvalue weighted by Gasteiger charge is -2.32. The monoisotopic (exact) mass is 294 g/mol. The molecule has 20 heavy (non-hydrogen) atoms. The minimum atomic E-state index is 0. The van der Waals surface area contributed by atoms with Crippen molar-refractivity contribution in [3.05, 3.63) is 46.3 Å². The molecule has 0 atom stereocenters. The molecule has 2 heterocycles. The topological polar surface area (TPSA) is 36.7 Å². The highest BCUT2D eigenvalue weighted by molar-refractivity contribution is 5.85. The van der Waals surface area contributed by atoms with E-state index in [4.69, 9.17) is 4.42 Å². The van der Waals surface area contributed by atoms with Crippen molar-refractivity contribution in [1.82, 2.24) is 9.80 Å².